The van der Waals surface area contributed by atoms with E-state index in [-0.39, 0.29) is 11.7 Å². The maximum atomic E-state index is 12.5. The van der Waals surface area contributed by atoms with Gasteiger partial charge in [-0.1, -0.05) is 30.3 Å². The predicted octanol–water partition coefficient (Wildman–Crippen LogP) is 4.78. The molecule has 0 unspecified atom stereocenters. The molecule has 1 aromatic heterocycles. The second-order valence-electron chi connectivity index (χ2n) is 7.96. The first-order chi connectivity index (χ1) is 16.0. The molecule has 0 saturated carbocycles. The highest BCUT2D eigenvalue weighted by molar-refractivity contribution is 7.99. The molecular weight excluding hydrogens is 454 g/mol. The molecule has 0 fully saturated rings. The molecule has 6 nitrogen and oxygen atoms in total. The summed E-state index contributed by atoms with van der Waals surface area (Å²) in [5.41, 5.74) is 3.95. The number of ketones is 1. The fourth-order valence-corrected chi connectivity index (χ4v) is 5.67. The highest BCUT2D eigenvalue weighted by atomic mass is 32.2. The second-order valence-corrected chi connectivity index (χ2v) is 10.0. The van der Waals surface area contributed by atoms with Gasteiger partial charge < -0.3 is 10.1 Å². The van der Waals surface area contributed by atoms with Crippen molar-refractivity contribution >= 4 is 39.9 Å². The number of anilines is 1. The molecule has 172 valence electrons. The van der Waals surface area contributed by atoms with E-state index in [1.54, 1.807) is 37.5 Å². The number of nitrogens with zero attached hydrogens (tertiary/aromatic N) is 2. The van der Waals surface area contributed by atoms with E-state index in [0.29, 0.717) is 22.2 Å². The van der Waals surface area contributed by atoms with Crippen LogP contribution in [0.15, 0.2) is 48.5 Å². The first kappa shape index (κ1) is 23.5. The minimum Gasteiger partial charge on any atom is -0.496 e. The van der Waals surface area contributed by atoms with Crippen molar-refractivity contribution < 1.29 is 14.3 Å². The number of thiazole rings is 1. The number of fused-ring (bicyclic) bond motifs is 1. The van der Waals surface area contributed by atoms with Gasteiger partial charge in [0, 0.05) is 47.8 Å². The fourth-order valence-electron chi connectivity index (χ4n) is 3.80. The summed E-state index contributed by atoms with van der Waals surface area (Å²) in [5.74, 6) is 1.55. The number of benzene rings is 2. The Morgan fingerprint density at radius 2 is 2.03 bits per heavy atom. The third kappa shape index (κ3) is 6.22. The van der Waals surface area contributed by atoms with Crippen molar-refractivity contribution in [2.45, 2.75) is 32.2 Å². The molecule has 0 atom stereocenters. The Labute approximate surface area is 202 Å². The highest BCUT2D eigenvalue weighted by Crippen LogP contribution is 2.29. The quantitative estimate of drug-likeness (QED) is 0.443. The fraction of sp³-hybridized carbons (Fsp3) is 0.320. The zero-order chi connectivity index (χ0) is 23.2. The van der Waals surface area contributed by atoms with Crippen molar-refractivity contribution in [3.05, 3.63) is 75.8 Å². The molecule has 0 radical (unpaired) electrons. The van der Waals surface area contributed by atoms with Crippen LogP contribution in [0.3, 0.4) is 0 Å². The van der Waals surface area contributed by atoms with Gasteiger partial charge in [0.05, 0.1) is 18.6 Å². The number of hydrogen-bond donors (Lipinski definition) is 1. The highest BCUT2D eigenvalue weighted by Gasteiger charge is 2.21. The monoisotopic (exact) mass is 481 g/mol. The predicted molar refractivity (Wildman–Crippen MR) is 134 cm³/mol. The van der Waals surface area contributed by atoms with E-state index in [2.05, 4.69) is 39.5 Å². The summed E-state index contributed by atoms with van der Waals surface area (Å²) < 4.78 is 5.39. The molecule has 2 aromatic carbocycles. The Hall–Kier alpha value is -2.68. The number of carbonyl (C=O) groups excluding carboxylic acids is 2. The van der Waals surface area contributed by atoms with Gasteiger partial charge in [-0.2, -0.15) is 0 Å². The molecule has 4 rings (SSSR count). The minimum atomic E-state index is -0.0751. The van der Waals surface area contributed by atoms with Crippen LogP contribution in [-0.4, -0.2) is 41.0 Å². The maximum absolute atomic E-state index is 12.5. The number of carbonyl (C=O) groups is 2. The van der Waals surface area contributed by atoms with E-state index in [4.69, 9.17) is 4.74 Å². The van der Waals surface area contributed by atoms with Gasteiger partial charge in [-0.25, -0.2) is 4.98 Å². The molecule has 1 aliphatic rings. The second kappa shape index (κ2) is 11.0. The Morgan fingerprint density at radius 3 is 2.79 bits per heavy atom. The van der Waals surface area contributed by atoms with E-state index in [0.717, 1.165) is 43.1 Å². The molecule has 1 N–H and O–H groups in total. The number of methoxy groups -OCH3 is 1. The van der Waals surface area contributed by atoms with E-state index in [9.17, 15) is 9.59 Å². The molecule has 2 heterocycles. The van der Waals surface area contributed by atoms with Gasteiger partial charge in [-0.3, -0.25) is 14.5 Å². The summed E-state index contributed by atoms with van der Waals surface area (Å²) in [6.45, 7) is 4.29. The van der Waals surface area contributed by atoms with Crippen molar-refractivity contribution in [2.24, 2.45) is 0 Å². The SMILES string of the molecule is COc1ccc(C(C)=O)cc1CSCC(=O)Nc1nc2c(s1)CN(Cc1ccccc1)CC2. The summed E-state index contributed by atoms with van der Waals surface area (Å²) in [6.07, 6.45) is 0.898. The lowest BCUT2D eigenvalue weighted by molar-refractivity contribution is -0.113. The van der Waals surface area contributed by atoms with Crippen LogP contribution in [0.5, 0.6) is 5.75 Å². The molecule has 8 heteroatoms. The summed E-state index contributed by atoms with van der Waals surface area (Å²) in [6, 6.07) is 15.9. The average molecular weight is 482 g/mol. The molecular formula is C25H27N3O3S2. The molecule has 1 aliphatic heterocycles. The van der Waals surface area contributed by atoms with Gasteiger partial charge in [-0.15, -0.1) is 23.1 Å². The summed E-state index contributed by atoms with van der Waals surface area (Å²) >= 11 is 3.05. The Kier molecular flexibility index (Phi) is 7.80. The van der Waals surface area contributed by atoms with Gasteiger partial charge in [0.25, 0.3) is 0 Å². The van der Waals surface area contributed by atoms with Crippen molar-refractivity contribution in [3.63, 3.8) is 0 Å². The lowest BCUT2D eigenvalue weighted by Crippen LogP contribution is -2.29. The van der Waals surface area contributed by atoms with Crippen LogP contribution in [0.1, 0.15) is 39.0 Å². The third-order valence-corrected chi connectivity index (χ3v) is 7.46. The first-order valence-electron chi connectivity index (χ1n) is 10.8. The van der Waals surface area contributed by atoms with E-state index >= 15 is 0 Å². The molecule has 0 spiro atoms. The number of ether oxygens (including phenoxy) is 1. The Bertz CT molecular complexity index is 1130. The number of thioether (sulfide) groups is 1. The number of rotatable bonds is 9. The van der Waals surface area contributed by atoms with Crippen LogP contribution >= 0.6 is 23.1 Å². The van der Waals surface area contributed by atoms with Gasteiger partial charge in [0.1, 0.15) is 5.75 Å². The van der Waals surface area contributed by atoms with Crippen LogP contribution in [0.4, 0.5) is 5.13 Å². The molecule has 0 bridgehead atoms. The topological polar surface area (TPSA) is 71.5 Å². The molecule has 1 amide bonds. The van der Waals surface area contributed by atoms with E-state index < -0.39 is 0 Å². The normalized spacial score (nSPS) is 13.4. The van der Waals surface area contributed by atoms with Gasteiger partial charge in [0.2, 0.25) is 5.91 Å². The van der Waals surface area contributed by atoms with Gasteiger partial charge in [0.15, 0.2) is 10.9 Å². The number of nitrogens with one attached hydrogen (secondary N) is 1. The third-order valence-electron chi connectivity index (χ3n) is 5.48. The van der Waals surface area contributed by atoms with Crippen LogP contribution in [0.2, 0.25) is 0 Å². The molecule has 3 aromatic rings. The van der Waals surface area contributed by atoms with Crippen molar-refractivity contribution in [1.82, 2.24) is 9.88 Å². The smallest absolute Gasteiger partial charge is 0.236 e. The summed E-state index contributed by atoms with van der Waals surface area (Å²) in [7, 11) is 1.61. The van der Waals surface area contributed by atoms with Crippen molar-refractivity contribution in [1.29, 1.82) is 0 Å². The number of aromatic nitrogens is 1. The van der Waals surface area contributed by atoms with Gasteiger partial charge in [-0.05, 0) is 30.7 Å². The maximum Gasteiger partial charge on any atom is 0.236 e. The average Bonchev–Trinajstić information content (AvgIpc) is 3.21. The Morgan fingerprint density at radius 1 is 1.21 bits per heavy atom. The van der Waals surface area contributed by atoms with Crippen LogP contribution < -0.4 is 10.1 Å². The molecule has 33 heavy (non-hydrogen) atoms. The van der Waals surface area contributed by atoms with E-state index in [1.165, 1.54) is 22.2 Å². The lowest BCUT2D eigenvalue weighted by atomic mass is 10.1. The van der Waals surface area contributed by atoms with Crippen LogP contribution in [0, 0.1) is 0 Å². The van der Waals surface area contributed by atoms with E-state index in [1.807, 2.05) is 12.1 Å². The van der Waals surface area contributed by atoms with Gasteiger partial charge >= 0.3 is 0 Å². The zero-order valence-electron chi connectivity index (χ0n) is 18.8. The largest absolute Gasteiger partial charge is 0.496 e. The first-order valence-corrected chi connectivity index (χ1v) is 12.8. The van der Waals surface area contributed by atoms with Crippen molar-refractivity contribution in [3.8, 4) is 5.75 Å². The lowest BCUT2D eigenvalue weighted by Gasteiger charge is -2.25. The zero-order valence-corrected chi connectivity index (χ0v) is 20.4. The molecule has 0 saturated heterocycles. The summed E-state index contributed by atoms with van der Waals surface area (Å²) in [4.78, 5) is 32.4. The number of Topliss-reactive ketones (excluding diaryl/α,β-unsaturated/α-hetero) is 1. The standard InChI is InChI=1S/C25H27N3O3S2/c1-17(29)19-8-9-22(31-2)20(12-19)15-32-16-24(30)27-25-26-21-10-11-28(14-23(21)33-25)13-18-6-4-3-5-7-18/h3-9,12H,10-11,13-16H2,1-2H3,(H,26,27,30). The van der Waals surface area contributed by atoms with Crippen LogP contribution in [0.25, 0.3) is 0 Å². The van der Waals surface area contributed by atoms with Crippen molar-refractivity contribution in [2.75, 3.05) is 24.7 Å². The number of amides is 1. The number of hydrogen-bond acceptors (Lipinski definition) is 7. The molecule has 0 aliphatic carbocycles. The minimum absolute atomic E-state index is 0.0108. The Balaban J connectivity index is 1.29. The van der Waals surface area contributed by atoms with Crippen LogP contribution in [-0.2, 0) is 30.1 Å². The summed E-state index contributed by atoms with van der Waals surface area (Å²) in [5, 5.41) is 3.62.